The van der Waals surface area contributed by atoms with Gasteiger partial charge < -0.3 is 9.47 Å². The zero-order chi connectivity index (χ0) is 17.3. The number of rotatable bonds is 1. The second-order valence-corrected chi connectivity index (χ2v) is 13.2. The van der Waals surface area contributed by atoms with E-state index in [0.717, 1.165) is 12.8 Å². The molecule has 0 aliphatic carbocycles. The lowest BCUT2D eigenvalue weighted by Crippen LogP contribution is -2.57. The average Bonchev–Trinajstić information content (AvgIpc) is 2.33. The largest absolute Gasteiger partial charge is 0.444 e. The predicted molar refractivity (Wildman–Crippen MR) is 94.9 cm³/mol. The Morgan fingerprint density at radius 2 is 2.09 bits per heavy atom. The number of morpholine rings is 1. The topological polar surface area (TPSA) is 38.8 Å². The van der Waals surface area contributed by atoms with Crippen LogP contribution in [-0.4, -0.2) is 50.0 Å². The van der Waals surface area contributed by atoms with Crippen molar-refractivity contribution in [3.05, 3.63) is 11.6 Å². The van der Waals surface area contributed by atoms with Gasteiger partial charge in [0.15, 0.2) is 0 Å². The fourth-order valence-corrected chi connectivity index (χ4v) is 3.46. The monoisotopic (exact) mass is 335 g/mol. The van der Waals surface area contributed by atoms with Gasteiger partial charge in [-0.3, -0.25) is 4.90 Å². The molecule has 2 aliphatic heterocycles. The fraction of sp³-hybridized carbons (Fsp3) is 0.722. The van der Waals surface area contributed by atoms with E-state index >= 15 is 0 Å². The van der Waals surface area contributed by atoms with Gasteiger partial charge in [0.05, 0.1) is 25.3 Å². The maximum atomic E-state index is 12.5. The molecule has 2 aliphatic rings. The quantitative estimate of drug-likeness (QED) is 0.417. The van der Waals surface area contributed by atoms with Crippen LogP contribution < -0.4 is 0 Å². The zero-order valence-electron chi connectivity index (χ0n) is 15.2. The number of hydrogen-bond donors (Lipinski definition) is 0. The first-order valence-corrected chi connectivity index (χ1v) is 11.8. The zero-order valence-corrected chi connectivity index (χ0v) is 16.2. The molecule has 0 aromatic carbocycles. The minimum absolute atomic E-state index is 0.0268. The molecule has 4 nitrogen and oxygen atoms in total. The third kappa shape index (κ3) is 5.40. The van der Waals surface area contributed by atoms with E-state index in [1.165, 1.54) is 5.57 Å². The van der Waals surface area contributed by atoms with Crippen molar-refractivity contribution in [2.24, 2.45) is 0 Å². The van der Waals surface area contributed by atoms with Gasteiger partial charge in [-0.25, -0.2) is 4.79 Å². The highest BCUT2D eigenvalue weighted by Gasteiger charge is 2.39. The Labute approximate surface area is 141 Å². The number of nitrogens with zero attached hydrogens (tertiary/aromatic N) is 1. The number of amides is 1. The normalized spacial score (nSPS) is 24.4. The molecule has 0 N–H and O–H groups in total. The molecule has 128 valence electrons. The van der Waals surface area contributed by atoms with Crippen LogP contribution in [0.1, 0.15) is 33.6 Å². The van der Waals surface area contributed by atoms with Crippen LogP contribution in [-0.2, 0) is 9.47 Å². The molecule has 0 saturated carbocycles. The van der Waals surface area contributed by atoms with E-state index in [1.807, 2.05) is 25.7 Å². The average molecular weight is 336 g/mol. The Bertz CT molecular complexity index is 545. The summed E-state index contributed by atoms with van der Waals surface area (Å²) in [6, 6.07) is 0.0401. The van der Waals surface area contributed by atoms with Gasteiger partial charge in [0.2, 0.25) is 0 Å². The molecule has 0 spiro atoms. The van der Waals surface area contributed by atoms with Gasteiger partial charge >= 0.3 is 6.09 Å². The third-order valence-corrected chi connectivity index (χ3v) is 4.59. The van der Waals surface area contributed by atoms with Gasteiger partial charge in [-0.1, -0.05) is 31.3 Å². The minimum Gasteiger partial charge on any atom is -0.444 e. The van der Waals surface area contributed by atoms with Crippen LogP contribution in [0.15, 0.2) is 11.6 Å². The summed E-state index contributed by atoms with van der Waals surface area (Å²) in [6.07, 6.45) is 3.55. The molecular formula is C18H29NO3Si. The molecule has 2 bridgehead atoms. The van der Waals surface area contributed by atoms with E-state index in [0.29, 0.717) is 13.2 Å². The number of carbonyl (C=O) groups is 1. The van der Waals surface area contributed by atoms with E-state index in [1.54, 1.807) is 0 Å². The lowest BCUT2D eigenvalue weighted by molar-refractivity contribution is -0.0536. The Morgan fingerprint density at radius 3 is 2.65 bits per heavy atom. The molecular weight excluding hydrogens is 306 g/mol. The summed E-state index contributed by atoms with van der Waals surface area (Å²) in [6.45, 7) is 13.6. The SMILES string of the molecule is CC(C)(C)OC(=O)N1C2C=C(CC#C[Si](C)(C)C)CC1COC2. The second kappa shape index (κ2) is 6.70. The summed E-state index contributed by atoms with van der Waals surface area (Å²) in [4.78, 5) is 14.3. The highest BCUT2D eigenvalue weighted by atomic mass is 28.3. The molecule has 2 atom stereocenters. The van der Waals surface area contributed by atoms with E-state index in [-0.39, 0.29) is 18.2 Å². The summed E-state index contributed by atoms with van der Waals surface area (Å²) in [5, 5.41) is 0. The van der Waals surface area contributed by atoms with Crippen LogP contribution in [0.5, 0.6) is 0 Å². The van der Waals surface area contributed by atoms with Crippen molar-refractivity contribution in [2.75, 3.05) is 13.2 Å². The summed E-state index contributed by atoms with van der Waals surface area (Å²) >= 11 is 0. The van der Waals surface area contributed by atoms with Crippen molar-refractivity contribution in [3.8, 4) is 11.5 Å². The van der Waals surface area contributed by atoms with Crippen LogP contribution in [0.3, 0.4) is 0 Å². The molecule has 0 aromatic rings. The van der Waals surface area contributed by atoms with E-state index in [9.17, 15) is 4.79 Å². The lowest BCUT2D eigenvalue weighted by Gasteiger charge is -2.44. The summed E-state index contributed by atoms with van der Waals surface area (Å²) in [5.41, 5.74) is 4.27. The van der Waals surface area contributed by atoms with Gasteiger partial charge in [-0.2, -0.15) is 0 Å². The maximum Gasteiger partial charge on any atom is 0.411 e. The summed E-state index contributed by atoms with van der Waals surface area (Å²) in [7, 11) is -1.33. The van der Waals surface area contributed by atoms with Gasteiger partial charge in [-0.05, 0) is 27.2 Å². The number of fused-ring (bicyclic) bond motifs is 2. The third-order valence-electron chi connectivity index (χ3n) is 3.66. The summed E-state index contributed by atoms with van der Waals surface area (Å²) in [5.74, 6) is 3.33. The smallest absolute Gasteiger partial charge is 0.411 e. The summed E-state index contributed by atoms with van der Waals surface area (Å²) < 4.78 is 11.2. The van der Waals surface area contributed by atoms with Crippen molar-refractivity contribution in [2.45, 2.75) is 70.9 Å². The Hall–Kier alpha value is -1.25. The Kier molecular flexibility index (Phi) is 5.27. The van der Waals surface area contributed by atoms with Gasteiger partial charge in [-0.15, -0.1) is 11.5 Å². The van der Waals surface area contributed by atoms with Crippen LogP contribution in [0.4, 0.5) is 4.79 Å². The van der Waals surface area contributed by atoms with E-state index < -0.39 is 13.7 Å². The lowest BCUT2D eigenvalue weighted by atomic mass is 9.93. The van der Waals surface area contributed by atoms with Crippen LogP contribution in [0, 0.1) is 11.5 Å². The van der Waals surface area contributed by atoms with Crippen LogP contribution in [0.2, 0.25) is 19.6 Å². The standard InChI is InChI=1S/C18H29NO3Si/c1-18(2,3)22-17(20)19-15-10-14(8-7-9-23(4,5)6)11-16(19)13-21-12-15/h10,15-16H,8,11-13H2,1-6H3. The molecule has 2 unspecified atom stereocenters. The van der Waals surface area contributed by atoms with Crippen LogP contribution >= 0.6 is 0 Å². The maximum absolute atomic E-state index is 12.5. The van der Waals surface area contributed by atoms with Crippen molar-refractivity contribution in [3.63, 3.8) is 0 Å². The van der Waals surface area contributed by atoms with E-state index in [4.69, 9.17) is 9.47 Å². The Balaban J connectivity index is 2.09. The molecule has 2 heterocycles. The molecule has 1 saturated heterocycles. The van der Waals surface area contributed by atoms with Crippen molar-refractivity contribution < 1.29 is 14.3 Å². The van der Waals surface area contributed by atoms with Crippen molar-refractivity contribution in [1.29, 1.82) is 0 Å². The molecule has 2 rings (SSSR count). The fourth-order valence-electron chi connectivity index (χ4n) is 2.84. The van der Waals surface area contributed by atoms with Crippen LogP contribution in [0.25, 0.3) is 0 Å². The molecule has 0 aromatic heterocycles. The van der Waals surface area contributed by atoms with Crippen molar-refractivity contribution in [1.82, 2.24) is 4.90 Å². The number of hydrogen-bond acceptors (Lipinski definition) is 3. The van der Waals surface area contributed by atoms with Gasteiger partial charge in [0, 0.05) is 6.42 Å². The highest BCUT2D eigenvalue weighted by molar-refractivity contribution is 6.83. The second-order valence-electron chi connectivity index (χ2n) is 8.40. The molecule has 5 heteroatoms. The molecule has 1 fully saturated rings. The van der Waals surface area contributed by atoms with Crippen molar-refractivity contribution >= 4 is 14.2 Å². The molecule has 23 heavy (non-hydrogen) atoms. The predicted octanol–water partition coefficient (Wildman–Crippen LogP) is 3.59. The first-order chi connectivity index (χ1) is 10.6. The van der Waals surface area contributed by atoms with Gasteiger partial charge in [0.1, 0.15) is 13.7 Å². The first kappa shape index (κ1) is 18.1. The number of ether oxygens (including phenoxy) is 2. The van der Waals surface area contributed by atoms with E-state index in [2.05, 4.69) is 37.2 Å². The molecule has 0 radical (unpaired) electrons. The first-order valence-electron chi connectivity index (χ1n) is 8.34. The van der Waals surface area contributed by atoms with Gasteiger partial charge in [0.25, 0.3) is 0 Å². The highest BCUT2D eigenvalue weighted by Crippen LogP contribution is 2.30. The Morgan fingerprint density at radius 1 is 1.39 bits per heavy atom. The number of carbonyl (C=O) groups excluding carboxylic acids is 1. The minimum atomic E-state index is -1.33. The molecule has 1 amide bonds.